The SMILES string of the molecule is CN(C)C(=O)Nc1cnc2ccc(N3CCCC3c3cc(F)ccc3F)nn12. The first-order chi connectivity index (χ1) is 13.4. The fraction of sp³-hybridized carbons (Fsp3) is 0.316. The normalized spacial score (nSPS) is 16.6. The molecular weight excluding hydrogens is 366 g/mol. The van der Waals surface area contributed by atoms with Crippen molar-refractivity contribution in [2.45, 2.75) is 18.9 Å². The summed E-state index contributed by atoms with van der Waals surface area (Å²) >= 11 is 0. The third kappa shape index (κ3) is 3.23. The first-order valence-corrected chi connectivity index (χ1v) is 8.99. The standard InChI is InChI=1S/C19H20F2N6O/c1-25(2)19(28)23-18-11-22-16-7-8-17(24-27(16)18)26-9-3-4-15(26)13-10-12(20)5-6-14(13)21/h5-8,10-11,15H,3-4,9H2,1-2H3,(H,23,28). The zero-order valence-electron chi connectivity index (χ0n) is 15.6. The molecule has 1 saturated heterocycles. The quantitative estimate of drug-likeness (QED) is 0.749. The van der Waals surface area contributed by atoms with E-state index in [0.717, 1.165) is 18.6 Å². The minimum atomic E-state index is -0.463. The number of halogens is 2. The van der Waals surface area contributed by atoms with Crippen LogP contribution in [-0.4, -0.2) is 46.2 Å². The molecular formula is C19H20F2N6O. The molecule has 1 N–H and O–H groups in total. The van der Waals surface area contributed by atoms with E-state index >= 15 is 0 Å². The predicted octanol–water partition coefficient (Wildman–Crippen LogP) is 3.44. The van der Waals surface area contributed by atoms with E-state index in [1.807, 2.05) is 4.90 Å². The number of urea groups is 1. The van der Waals surface area contributed by atoms with Crippen molar-refractivity contribution in [2.75, 3.05) is 30.9 Å². The smallest absolute Gasteiger partial charge is 0.322 e. The summed E-state index contributed by atoms with van der Waals surface area (Å²) in [5.74, 6) is 0.149. The Kier molecular flexibility index (Phi) is 4.58. The zero-order chi connectivity index (χ0) is 19.8. The number of anilines is 2. The molecule has 3 heterocycles. The van der Waals surface area contributed by atoms with Gasteiger partial charge in [0.25, 0.3) is 0 Å². The van der Waals surface area contributed by atoms with Gasteiger partial charge in [-0.15, -0.1) is 5.10 Å². The minimum Gasteiger partial charge on any atom is -0.348 e. The summed E-state index contributed by atoms with van der Waals surface area (Å²) in [4.78, 5) is 19.6. The first-order valence-electron chi connectivity index (χ1n) is 8.99. The molecule has 3 aromatic rings. The summed E-state index contributed by atoms with van der Waals surface area (Å²) < 4.78 is 29.5. The highest BCUT2D eigenvalue weighted by molar-refractivity contribution is 5.88. The van der Waals surface area contributed by atoms with E-state index in [1.54, 1.807) is 26.2 Å². The number of aromatic nitrogens is 3. The number of carbonyl (C=O) groups excluding carboxylic acids is 1. The maximum atomic E-state index is 14.3. The molecule has 1 fully saturated rings. The molecule has 1 aliphatic rings. The van der Waals surface area contributed by atoms with Crippen LogP contribution in [0, 0.1) is 11.6 Å². The summed E-state index contributed by atoms with van der Waals surface area (Å²) in [6, 6.07) is 6.51. The van der Waals surface area contributed by atoms with Crippen LogP contribution in [0.25, 0.3) is 5.65 Å². The number of fused-ring (bicyclic) bond motifs is 1. The van der Waals surface area contributed by atoms with Gasteiger partial charge >= 0.3 is 6.03 Å². The van der Waals surface area contributed by atoms with E-state index in [-0.39, 0.29) is 12.1 Å². The zero-order valence-corrected chi connectivity index (χ0v) is 15.6. The molecule has 1 unspecified atom stereocenters. The Morgan fingerprint density at radius 3 is 2.86 bits per heavy atom. The molecule has 28 heavy (non-hydrogen) atoms. The van der Waals surface area contributed by atoms with Crippen molar-refractivity contribution in [1.82, 2.24) is 19.5 Å². The van der Waals surface area contributed by atoms with E-state index in [0.29, 0.717) is 35.8 Å². The number of hydrogen-bond donors (Lipinski definition) is 1. The lowest BCUT2D eigenvalue weighted by atomic mass is 10.0. The molecule has 0 radical (unpaired) electrons. The van der Waals surface area contributed by atoms with Crippen LogP contribution in [0.4, 0.5) is 25.2 Å². The highest BCUT2D eigenvalue weighted by atomic mass is 19.1. The topological polar surface area (TPSA) is 65.8 Å². The number of nitrogens with one attached hydrogen (secondary N) is 1. The number of hydrogen-bond acceptors (Lipinski definition) is 4. The van der Waals surface area contributed by atoms with Crippen molar-refractivity contribution in [3.63, 3.8) is 0 Å². The molecule has 0 aliphatic carbocycles. The molecule has 0 saturated carbocycles. The molecule has 2 amide bonds. The van der Waals surface area contributed by atoms with Gasteiger partial charge in [0, 0.05) is 26.2 Å². The summed E-state index contributed by atoms with van der Waals surface area (Å²) in [6.45, 7) is 0.674. The molecule has 9 heteroatoms. The van der Waals surface area contributed by atoms with Gasteiger partial charge in [-0.3, -0.25) is 5.32 Å². The Balaban J connectivity index is 1.70. The first kappa shape index (κ1) is 18.1. The van der Waals surface area contributed by atoms with Gasteiger partial charge in [0.1, 0.15) is 17.5 Å². The second kappa shape index (κ2) is 7.06. The van der Waals surface area contributed by atoms with Gasteiger partial charge in [-0.2, -0.15) is 4.52 Å². The molecule has 0 bridgehead atoms. The minimum absolute atomic E-state index is 0.296. The second-order valence-corrected chi connectivity index (χ2v) is 6.95. The third-order valence-corrected chi connectivity index (χ3v) is 4.85. The van der Waals surface area contributed by atoms with E-state index in [2.05, 4.69) is 15.4 Å². The van der Waals surface area contributed by atoms with Crippen LogP contribution in [0.3, 0.4) is 0 Å². The molecule has 146 valence electrons. The van der Waals surface area contributed by atoms with Crippen molar-refractivity contribution in [2.24, 2.45) is 0 Å². The summed E-state index contributed by atoms with van der Waals surface area (Å²) in [7, 11) is 3.28. The number of amides is 2. The average Bonchev–Trinajstić information content (AvgIpc) is 3.30. The Morgan fingerprint density at radius 1 is 1.25 bits per heavy atom. The largest absolute Gasteiger partial charge is 0.348 e. The van der Waals surface area contributed by atoms with Gasteiger partial charge in [-0.05, 0) is 43.2 Å². The van der Waals surface area contributed by atoms with Crippen LogP contribution in [0.5, 0.6) is 0 Å². The fourth-order valence-corrected chi connectivity index (χ4v) is 3.46. The van der Waals surface area contributed by atoms with Crippen LogP contribution in [0.15, 0.2) is 36.5 Å². The maximum Gasteiger partial charge on any atom is 0.322 e. The summed E-state index contributed by atoms with van der Waals surface area (Å²) in [6.07, 6.45) is 3.07. The van der Waals surface area contributed by atoms with Crippen LogP contribution >= 0.6 is 0 Å². The van der Waals surface area contributed by atoms with E-state index in [1.165, 1.54) is 21.7 Å². The molecule has 4 rings (SSSR count). The molecule has 1 aromatic carbocycles. The number of rotatable bonds is 3. The third-order valence-electron chi connectivity index (χ3n) is 4.85. The van der Waals surface area contributed by atoms with Gasteiger partial charge in [-0.25, -0.2) is 18.6 Å². The van der Waals surface area contributed by atoms with Crippen LogP contribution in [0.2, 0.25) is 0 Å². The second-order valence-electron chi connectivity index (χ2n) is 6.95. The molecule has 2 aromatic heterocycles. The van der Waals surface area contributed by atoms with Gasteiger partial charge in [0.05, 0.1) is 12.2 Å². The average molecular weight is 386 g/mol. The van der Waals surface area contributed by atoms with Crippen molar-refractivity contribution < 1.29 is 13.6 Å². The summed E-state index contributed by atoms with van der Waals surface area (Å²) in [5, 5.41) is 7.33. The molecule has 0 spiro atoms. The Morgan fingerprint density at radius 2 is 2.07 bits per heavy atom. The Hall–Kier alpha value is -3.23. The highest BCUT2D eigenvalue weighted by Gasteiger charge is 2.30. The lowest BCUT2D eigenvalue weighted by Gasteiger charge is -2.26. The Labute approximate surface area is 160 Å². The maximum absolute atomic E-state index is 14.3. The molecule has 1 atom stereocenters. The Bertz CT molecular complexity index is 1030. The van der Waals surface area contributed by atoms with Gasteiger partial charge in [0.15, 0.2) is 11.5 Å². The van der Waals surface area contributed by atoms with Gasteiger partial charge < -0.3 is 9.80 Å². The highest BCUT2D eigenvalue weighted by Crippen LogP contribution is 2.36. The lowest BCUT2D eigenvalue weighted by Crippen LogP contribution is -2.28. The van der Waals surface area contributed by atoms with Crippen LogP contribution < -0.4 is 10.2 Å². The van der Waals surface area contributed by atoms with E-state index in [9.17, 15) is 13.6 Å². The number of benzene rings is 1. The van der Waals surface area contributed by atoms with E-state index < -0.39 is 11.6 Å². The number of nitrogens with zero attached hydrogens (tertiary/aromatic N) is 5. The van der Waals surface area contributed by atoms with Crippen molar-refractivity contribution in [3.8, 4) is 0 Å². The molecule has 7 nitrogen and oxygen atoms in total. The summed E-state index contributed by atoms with van der Waals surface area (Å²) in [5.41, 5.74) is 0.900. The van der Waals surface area contributed by atoms with Crippen LogP contribution in [0.1, 0.15) is 24.4 Å². The van der Waals surface area contributed by atoms with Crippen molar-refractivity contribution >= 4 is 23.3 Å². The van der Waals surface area contributed by atoms with Crippen molar-refractivity contribution in [3.05, 3.63) is 53.7 Å². The van der Waals surface area contributed by atoms with Crippen molar-refractivity contribution in [1.29, 1.82) is 0 Å². The van der Waals surface area contributed by atoms with Gasteiger partial charge in [0.2, 0.25) is 0 Å². The number of imidazole rings is 1. The van der Waals surface area contributed by atoms with E-state index in [4.69, 9.17) is 0 Å². The van der Waals surface area contributed by atoms with Crippen LogP contribution in [-0.2, 0) is 0 Å². The molecule has 1 aliphatic heterocycles. The number of carbonyl (C=O) groups is 1. The fourth-order valence-electron chi connectivity index (χ4n) is 3.46. The monoisotopic (exact) mass is 386 g/mol. The van der Waals surface area contributed by atoms with Gasteiger partial charge in [-0.1, -0.05) is 0 Å². The lowest BCUT2D eigenvalue weighted by molar-refractivity contribution is 0.230. The predicted molar refractivity (Wildman–Crippen MR) is 101 cm³/mol.